The highest BCUT2D eigenvalue weighted by atomic mass is 16.3. The number of hydrogen-bond donors (Lipinski definition) is 2. The number of H-pyrrole nitrogens is 1. The van der Waals surface area contributed by atoms with Crippen LogP contribution in [0.25, 0.3) is 10.9 Å². The van der Waals surface area contributed by atoms with Crippen molar-refractivity contribution < 1.29 is 5.11 Å². The highest BCUT2D eigenvalue weighted by Crippen LogP contribution is 2.35. The fourth-order valence-corrected chi connectivity index (χ4v) is 2.41. The van der Waals surface area contributed by atoms with Gasteiger partial charge in [-0.25, -0.2) is 0 Å². The molecule has 1 heterocycles. The Morgan fingerprint density at radius 3 is 3.07 bits per heavy atom. The molecule has 2 heteroatoms. The van der Waals surface area contributed by atoms with E-state index < -0.39 is 0 Å². The largest absolute Gasteiger partial charge is 0.388 e. The molecule has 1 aromatic heterocycles. The van der Waals surface area contributed by atoms with Crippen LogP contribution < -0.4 is 0 Å². The number of nitrogens with one attached hydrogen (secondary N) is 1. The maximum Gasteiger partial charge on any atom is 0.0813 e. The second-order valence-electron chi connectivity index (χ2n) is 3.97. The first-order valence-corrected chi connectivity index (χ1v) is 5.14. The van der Waals surface area contributed by atoms with Gasteiger partial charge in [0.1, 0.15) is 0 Å². The van der Waals surface area contributed by atoms with Gasteiger partial charge in [-0.2, -0.15) is 0 Å². The van der Waals surface area contributed by atoms with Crippen LogP contribution in [0.3, 0.4) is 0 Å². The van der Waals surface area contributed by atoms with E-state index in [-0.39, 0.29) is 6.10 Å². The first-order valence-electron chi connectivity index (χ1n) is 5.14. The zero-order chi connectivity index (χ0) is 9.54. The molecule has 1 aliphatic carbocycles. The number of hydrogen-bond acceptors (Lipinski definition) is 1. The molecule has 0 amide bonds. The van der Waals surface area contributed by atoms with Crippen molar-refractivity contribution in [3.05, 3.63) is 35.5 Å². The van der Waals surface area contributed by atoms with E-state index in [4.69, 9.17) is 0 Å². The minimum Gasteiger partial charge on any atom is -0.388 e. The Hall–Kier alpha value is -1.28. The summed E-state index contributed by atoms with van der Waals surface area (Å²) in [5, 5.41) is 11.1. The molecule has 0 saturated carbocycles. The van der Waals surface area contributed by atoms with Crippen molar-refractivity contribution in [3.63, 3.8) is 0 Å². The molecule has 1 aliphatic rings. The summed E-state index contributed by atoms with van der Waals surface area (Å²) >= 11 is 0. The van der Waals surface area contributed by atoms with Gasteiger partial charge in [0, 0.05) is 22.2 Å². The summed E-state index contributed by atoms with van der Waals surface area (Å²) < 4.78 is 0. The van der Waals surface area contributed by atoms with E-state index in [1.165, 1.54) is 11.1 Å². The number of rotatable bonds is 0. The van der Waals surface area contributed by atoms with Crippen molar-refractivity contribution >= 4 is 10.9 Å². The van der Waals surface area contributed by atoms with Crippen molar-refractivity contribution in [2.24, 2.45) is 0 Å². The van der Waals surface area contributed by atoms with Crippen LogP contribution in [0.2, 0.25) is 0 Å². The third-order valence-electron chi connectivity index (χ3n) is 3.07. The van der Waals surface area contributed by atoms with E-state index >= 15 is 0 Å². The van der Waals surface area contributed by atoms with Gasteiger partial charge in [0.15, 0.2) is 0 Å². The van der Waals surface area contributed by atoms with Gasteiger partial charge in [0.05, 0.1) is 6.10 Å². The van der Waals surface area contributed by atoms with Crippen LogP contribution >= 0.6 is 0 Å². The normalized spacial score (nSPS) is 21.1. The maximum atomic E-state index is 9.93. The number of para-hydroxylation sites is 1. The number of aromatic amines is 1. The minimum absolute atomic E-state index is 0.269. The van der Waals surface area contributed by atoms with E-state index in [1.54, 1.807) is 0 Å². The molecule has 0 unspecified atom stereocenters. The molecule has 72 valence electrons. The van der Waals surface area contributed by atoms with Crippen LogP contribution in [0.15, 0.2) is 24.3 Å². The van der Waals surface area contributed by atoms with E-state index in [1.807, 2.05) is 12.1 Å². The lowest BCUT2D eigenvalue weighted by molar-refractivity contribution is 0.158. The lowest BCUT2D eigenvalue weighted by Crippen LogP contribution is -2.07. The number of aliphatic hydroxyl groups excluding tert-OH is 1. The van der Waals surface area contributed by atoms with E-state index in [0.29, 0.717) is 0 Å². The highest BCUT2D eigenvalue weighted by molar-refractivity contribution is 5.85. The lowest BCUT2D eigenvalue weighted by Gasteiger charge is -2.17. The summed E-state index contributed by atoms with van der Waals surface area (Å²) in [7, 11) is 0. The van der Waals surface area contributed by atoms with Gasteiger partial charge in [0.2, 0.25) is 0 Å². The Bertz CT molecular complexity index is 472. The molecular weight excluding hydrogens is 174 g/mol. The highest BCUT2D eigenvalue weighted by Gasteiger charge is 2.22. The topological polar surface area (TPSA) is 36.0 Å². The Morgan fingerprint density at radius 1 is 1.29 bits per heavy atom. The molecule has 14 heavy (non-hydrogen) atoms. The molecule has 0 saturated heterocycles. The van der Waals surface area contributed by atoms with Crippen molar-refractivity contribution in [3.8, 4) is 0 Å². The second-order valence-corrected chi connectivity index (χ2v) is 3.97. The van der Waals surface area contributed by atoms with Crippen LogP contribution in [-0.4, -0.2) is 10.1 Å². The minimum atomic E-state index is -0.269. The smallest absolute Gasteiger partial charge is 0.0813 e. The molecule has 0 bridgehead atoms. The van der Waals surface area contributed by atoms with Crippen LogP contribution in [0.1, 0.15) is 30.2 Å². The Balaban J connectivity index is 2.34. The molecule has 0 radical (unpaired) electrons. The molecule has 1 atom stereocenters. The average molecular weight is 187 g/mol. The van der Waals surface area contributed by atoms with Crippen molar-refractivity contribution in [1.82, 2.24) is 4.98 Å². The molecule has 0 fully saturated rings. The molecule has 2 N–H and O–H groups in total. The van der Waals surface area contributed by atoms with Crippen molar-refractivity contribution in [2.75, 3.05) is 0 Å². The van der Waals surface area contributed by atoms with Gasteiger partial charge in [-0.1, -0.05) is 18.2 Å². The molecule has 0 spiro atoms. The van der Waals surface area contributed by atoms with Gasteiger partial charge < -0.3 is 10.1 Å². The molecule has 2 aromatic rings. The third-order valence-corrected chi connectivity index (χ3v) is 3.07. The average Bonchev–Trinajstić information content (AvgIpc) is 2.57. The summed E-state index contributed by atoms with van der Waals surface area (Å²) in [5.41, 5.74) is 3.51. The maximum absolute atomic E-state index is 9.93. The fourth-order valence-electron chi connectivity index (χ4n) is 2.41. The fraction of sp³-hybridized carbons (Fsp3) is 0.333. The van der Waals surface area contributed by atoms with Gasteiger partial charge in [-0.3, -0.25) is 0 Å². The molecule has 0 aliphatic heterocycles. The van der Waals surface area contributed by atoms with Gasteiger partial charge >= 0.3 is 0 Å². The Kier molecular flexibility index (Phi) is 1.64. The molecule has 3 rings (SSSR count). The van der Waals surface area contributed by atoms with Crippen LogP contribution in [0.4, 0.5) is 0 Å². The van der Waals surface area contributed by atoms with Gasteiger partial charge in [-0.15, -0.1) is 0 Å². The van der Waals surface area contributed by atoms with E-state index in [9.17, 15) is 5.11 Å². The summed E-state index contributed by atoms with van der Waals surface area (Å²) in [4.78, 5) is 3.39. The first-order chi connectivity index (χ1) is 6.86. The Labute approximate surface area is 82.6 Å². The van der Waals surface area contributed by atoms with Crippen LogP contribution in [0.5, 0.6) is 0 Å². The predicted molar refractivity (Wildman–Crippen MR) is 56.2 cm³/mol. The molecule has 1 aromatic carbocycles. The number of aryl methyl sites for hydroxylation is 1. The standard InChI is InChI=1S/C12H13NO/c14-11-7-3-6-10-12(11)8-4-1-2-5-9(8)13-10/h1-2,4-5,11,13-14H,3,6-7H2/t11-/m0/s1. The SMILES string of the molecule is O[C@H]1CCCc2[nH]c3ccccc3c21. The second kappa shape index (κ2) is 2.85. The summed E-state index contributed by atoms with van der Waals surface area (Å²) in [6.45, 7) is 0. The Morgan fingerprint density at radius 2 is 2.14 bits per heavy atom. The number of aliphatic hydroxyl groups is 1. The number of aromatic nitrogens is 1. The predicted octanol–water partition coefficient (Wildman–Crippen LogP) is 2.54. The first kappa shape index (κ1) is 8.06. The zero-order valence-corrected chi connectivity index (χ0v) is 7.96. The van der Waals surface area contributed by atoms with Gasteiger partial charge in [-0.05, 0) is 25.3 Å². The molecular formula is C12H13NO. The lowest BCUT2D eigenvalue weighted by atomic mass is 9.93. The van der Waals surface area contributed by atoms with Crippen molar-refractivity contribution in [2.45, 2.75) is 25.4 Å². The summed E-state index contributed by atoms with van der Waals surface area (Å²) in [6.07, 6.45) is 2.78. The van der Waals surface area contributed by atoms with Crippen molar-refractivity contribution in [1.29, 1.82) is 0 Å². The number of benzene rings is 1. The van der Waals surface area contributed by atoms with E-state index in [0.717, 1.165) is 30.3 Å². The molecule has 2 nitrogen and oxygen atoms in total. The third kappa shape index (κ3) is 1.01. The van der Waals surface area contributed by atoms with Crippen LogP contribution in [-0.2, 0) is 6.42 Å². The van der Waals surface area contributed by atoms with E-state index in [2.05, 4.69) is 17.1 Å². The van der Waals surface area contributed by atoms with Crippen LogP contribution in [0, 0.1) is 0 Å². The monoisotopic (exact) mass is 187 g/mol. The summed E-state index contributed by atoms with van der Waals surface area (Å²) in [5.74, 6) is 0. The van der Waals surface area contributed by atoms with Gasteiger partial charge in [0.25, 0.3) is 0 Å². The summed E-state index contributed by atoms with van der Waals surface area (Å²) in [6, 6.07) is 8.20. The zero-order valence-electron chi connectivity index (χ0n) is 7.96. The quantitative estimate of drug-likeness (QED) is 0.653. The number of fused-ring (bicyclic) bond motifs is 3.